The molecule has 0 saturated carbocycles. The number of para-hydroxylation sites is 1. The van der Waals surface area contributed by atoms with Crippen LogP contribution in [0, 0.1) is 0 Å². The van der Waals surface area contributed by atoms with E-state index in [0.717, 1.165) is 30.0 Å². The number of anilines is 2. The van der Waals surface area contributed by atoms with E-state index in [0.29, 0.717) is 13.0 Å². The number of hydrogen-bond donors (Lipinski definition) is 1. The number of benzene rings is 1. The first-order chi connectivity index (χ1) is 10.3. The van der Waals surface area contributed by atoms with Crippen molar-refractivity contribution in [2.45, 2.75) is 26.3 Å². The highest BCUT2D eigenvalue weighted by atomic mass is 16.2. The minimum atomic E-state index is 0.181. The van der Waals surface area contributed by atoms with Crippen molar-refractivity contribution < 1.29 is 4.79 Å². The van der Waals surface area contributed by atoms with Gasteiger partial charge in [0, 0.05) is 30.4 Å². The van der Waals surface area contributed by atoms with E-state index in [1.54, 1.807) is 6.20 Å². The second-order valence-electron chi connectivity index (χ2n) is 5.15. The lowest BCUT2D eigenvalue weighted by Crippen LogP contribution is -2.34. The molecule has 0 radical (unpaired) electrons. The van der Waals surface area contributed by atoms with Crippen molar-refractivity contribution >= 4 is 17.4 Å². The largest absolute Gasteiger partial charge is 0.370 e. The average molecular weight is 281 g/mol. The van der Waals surface area contributed by atoms with Gasteiger partial charge < -0.3 is 10.2 Å². The summed E-state index contributed by atoms with van der Waals surface area (Å²) in [6, 6.07) is 12.1. The number of fused-ring (bicyclic) bond motifs is 1. The predicted molar refractivity (Wildman–Crippen MR) is 84.4 cm³/mol. The van der Waals surface area contributed by atoms with E-state index in [2.05, 4.69) is 16.4 Å². The van der Waals surface area contributed by atoms with Gasteiger partial charge in [-0.05, 0) is 31.0 Å². The molecule has 108 valence electrons. The van der Waals surface area contributed by atoms with E-state index in [1.165, 1.54) is 5.56 Å². The van der Waals surface area contributed by atoms with Crippen LogP contribution in [0.3, 0.4) is 0 Å². The maximum Gasteiger partial charge on any atom is 0.227 e. The zero-order valence-electron chi connectivity index (χ0n) is 12.2. The fraction of sp³-hybridized carbons (Fsp3) is 0.294. The Hall–Kier alpha value is -2.36. The summed E-state index contributed by atoms with van der Waals surface area (Å²) in [7, 11) is 0. The van der Waals surface area contributed by atoms with Crippen LogP contribution in [0.15, 0.2) is 42.6 Å². The number of carbonyl (C=O) groups is 1. The fourth-order valence-corrected chi connectivity index (χ4v) is 2.73. The summed E-state index contributed by atoms with van der Waals surface area (Å²) in [5.74, 6) is 1.04. The Kier molecular flexibility index (Phi) is 3.86. The number of aromatic nitrogens is 1. The molecule has 0 aliphatic carbocycles. The van der Waals surface area contributed by atoms with Crippen LogP contribution in [0.25, 0.3) is 0 Å². The van der Waals surface area contributed by atoms with E-state index < -0.39 is 0 Å². The molecule has 2 heterocycles. The molecule has 3 rings (SSSR count). The SMILES string of the molecule is CCNc1ncccc1CN1C(=O)CCc2ccccc21. The van der Waals surface area contributed by atoms with Crippen LogP contribution in [0.5, 0.6) is 0 Å². The van der Waals surface area contributed by atoms with Gasteiger partial charge in [0.15, 0.2) is 0 Å². The minimum absolute atomic E-state index is 0.181. The van der Waals surface area contributed by atoms with Crippen molar-refractivity contribution in [2.24, 2.45) is 0 Å². The molecule has 1 amide bonds. The van der Waals surface area contributed by atoms with Gasteiger partial charge >= 0.3 is 0 Å². The number of hydrogen-bond acceptors (Lipinski definition) is 3. The first-order valence-corrected chi connectivity index (χ1v) is 7.35. The first-order valence-electron chi connectivity index (χ1n) is 7.35. The van der Waals surface area contributed by atoms with Crippen molar-refractivity contribution in [3.63, 3.8) is 0 Å². The highest BCUT2D eigenvalue weighted by Gasteiger charge is 2.24. The van der Waals surface area contributed by atoms with E-state index in [4.69, 9.17) is 0 Å². The fourth-order valence-electron chi connectivity index (χ4n) is 2.73. The third-order valence-corrected chi connectivity index (χ3v) is 3.76. The molecule has 4 heteroatoms. The monoisotopic (exact) mass is 281 g/mol. The minimum Gasteiger partial charge on any atom is -0.370 e. The zero-order chi connectivity index (χ0) is 14.7. The second kappa shape index (κ2) is 5.95. The van der Waals surface area contributed by atoms with Crippen LogP contribution in [0.4, 0.5) is 11.5 Å². The quantitative estimate of drug-likeness (QED) is 0.937. The molecule has 1 aliphatic rings. The first kappa shape index (κ1) is 13.6. The van der Waals surface area contributed by atoms with Gasteiger partial charge in [-0.25, -0.2) is 4.98 Å². The molecule has 0 atom stereocenters. The van der Waals surface area contributed by atoms with Gasteiger partial charge in [-0.3, -0.25) is 4.79 Å². The van der Waals surface area contributed by atoms with E-state index in [-0.39, 0.29) is 5.91 Å². The van der Waals surface area contributed by atoms with Gasteiger partial charge in [-0.1, -0.05) is 24.3 Å². The van der Waals surface area contributed by atoms with Crippen molar-refractivity contribution in [3.05, 3.63) is 53.7 Å². The molecular weight excluding hydrogens is 262 g/mol. The van der Waals surface area contributed by atoms with E-state index >= 15 is 0 Å². The summed E-state index contributed by atoms with van der Waals surface area (Å²) < 4.78 is 0. The Labute approximate surface area is 124 Å². The molecular formula is C17H19N3O. The molecule has 0 saturated heterocycles. The lowest BCUT2D eigenvalue weighted by Gasteiger charge is -2.30. The summed E-state index contributed by atoms with van der Waals surface area (Å²) in [6.07, 6.45) is 3.18. The molecule has 1 N–H and O–H groups in total. The van der Waals surface area contributed by atoms with Crippen LogP contribution < -0.4 is 10.2 Å². The predicted octanol–water partition coefficient (Wildman–Crippen LogP) is 2.99. The molecule has 1 aliphatic heterocycles. The number of carbonyl (C=O) groups excluding carboxylic acids is 1. The number of pyridine rings is 1. The topological polar surface area (TPSA) is 45.2 Å². The van der Waals surface area contributed by atoms with Gasteiger partial charge in [-0.2, -0.15) is 0 Å². The number of nitrogens with zero attached hydrogens (tertiary/aromatic N) is 2. The van der Waals surface area contributed by atoms with Crippen LogP contribution in [0.1, 0.15) is 24.5 Å². The van der Waals surface area contributed by atoms with Crippen LogP contribution >= 0.6 is 0 Å². The maximum absolute atomic E-state index is 12.3. The molecule has 1 aromatic heterocycles. The lowest BCUT2D eigenvalue weighted by molar-refractivity contribution is -0.119. The molecule has 0 unspecified atom stereocenters. The van der Waals surface area contributed by atoms with Gasteiger partial charge in [-0.15, -0.1) is 0 Å². The molecule has 4 nitrogen and oxygen atoms in total. The molecule has 1 aromatic carbocycles. The highest BCUT2D eigenvalue weighted by Crippen LogP contribution is 2.29. The van der Waals surface area contributed by atoms with Crippen LogP contribution in [-0.4, -0.2) is 17.4 Å². The van der Waals surface area contributed by atoms with Gasteiger partial charge in [0.2, 0.25) is 5.91 Å². The van der Waals surface area contributed by atoms with E-state index in [1.807, 2.05) is 42.2 Å². The summed E-state index contributed by atoms with van der Waals surface area (Å²) in [5, 5.41) is 3.26. The third-order valence-electron chi connectivity index (χ3n) is 3.76. The number of aryl methyl sites for hydroxylation is 1. The maximum atomic E-state index is 12.3. The molecule has 21 heavy (non-hydrogen) atoms. The van der Waals surface area contributed by atoms with Crippen LogP contribution in [-0.2, 0) is 17.8 Å². The Morgan fingerprint density at radius 3 is 2.90 bits per heavy atom. The molecule has 2 aromatic rings. The standard InChI is InChI=1S/C17H19N3O/c1-2-18-17-14(7-5-11-19-17)12-20-15-8-4-3-6-13(15)9-10-16(20)21/h3-8,11H,2,9-10,12H2,1H3,(H,18,19). The number of rotatable bonds is 4. The smallest absolute Gasteiger partial charge is 0.227 e. The summed E-state index contributed by atoms with van der Waals surface area (Å²) in [6.45, 7) is 3.42. The molecule has 0 fully saturated rings. The normalized spacial score (nSPS) is 14.0. The zero-order valence-corrected chi connectivity index (χ0v) is 12.2. The summed E-state index contributed by atoms with van der Waals surface area (Å²) in [5.41, 5.74) is 3.32. The van der Waals surface area contributed by atoms with Gasteiger partial charge in [0.1, 0.15) is 5.82 Å². The average Bonchev–Trinajstić information content (AvgIpc) is 2.52. The third kappa shape index (κ3) is 2.75. The number of amides is 1. The molecule has 0 bridgehead atoms. The second-order valence-corrected chi connectivity index (χ2v) is 5.15. The summed E-state index contributed by atoms with van der Waals surface area (Å²) >= 11 is 0. The molecule has 0 spiro atoms. The summed E-state index contributed by atoms with van der Waals surface area (Å²) in [4.78, 5) is 18.6. The Morgan fingerprint density at radius 1 is 1.19 bits per heavy atom. The Morgan fingerprint density at radius 2 is 2.05 bits per heavy atom. The van der Waals surface area contributed by atoms with Crippen LogP contribution in [0.2, 0.25) is 0 Å². The van der Waals surface area contributed by atoms with Crippen molar-refractivity contribution in [1.29, 1.82) is 0 Å². The van der Waals surface area contributed by atoms with Gasteiger partial charge in [0.25, 0.3) is 0 Å². The lowest BCUT2D eigenvalue weighted by atomic mass is 10.0. The highest BCUT2D eigenvalue weighted by molar-refractivity contribution is 5.96. The van der Waals surface area contributed by atoms with Crippen molar-refractivity contribution in [1.82, 2.24) is 4.98 Å². The van der Waals surface area contributed by atoms with E-state index in [9.17, 15) is 4.79 Å². The van der Waals surface area contributed by atoms with Crippen molar-refractivity contribution in [3.8, 4) is 0 Å². The number of nitrogens with one attached hydrogen (secondary N) is 1. The van der Waals surface area contributed by atoms with Gasteiger partial charge in [0.05, 0.1) is 6.54 Å². The van der Waals surface area contributed by atoms with Crippen molar-refractivity contribution in [2.75, 3.05) is 16.8 Å². The Balaban J connectivity index is 1.93. The Bertz CT molecular complexity index is 654.